The maximum absolute atomic E-state index is 11.6. The molecule has 1 aliphatic carbocycles. The van der Waals surface area contributed by atoms with Crippen molar-refractivity contribution in [2.45, 2.75) is 51.5 Å². The molecular formula is C20H38IN5OS. The minimum Gasteiger partial charge on any atom is -0.357 e. The first-order chi connectivity index (χ1) is 13.1. The number of rotatable bonds is 4. The van der Waals surface area contributed by atoms with Crippen molar-refractivity contribution < 1.29 is 4.79 Å². The number of nitrogens with zero attached hydrogens (tertiary/aromatic N) is 4. The zero-order chi connectivity index (χ0) is 19.1. The summed E-state index contributed by atoms with van der Waals surface area (Å²) in [5, 5.41) is 3.51. The van der Waals surface area contributed by atoms with Gasteiger partial charge in [-0.1, -0.05) is 19.3 Å². The first kappa shape index (κ1) is 24.1. The van der Waals surface area contributed by atoms with Crippen LogP contribution in [0.1, 0.15) is 46.0 Å². The predicted molar refractivity (Wildman–Crippen MR) is 130 cm³/mol. The summed E-state index contributed by atoms with van der Waals surface area (Å²) in [6, 6.07) is 0. The van der Waals surface area contributed by atoms with Gasteiger partial charge in [0.2, 0.25) is 5.91 Å². The van der Waals surface area contributed by atoms with E-state index in [-0.39, 0.29) is 35.4 Å². The van der Waals surface area contributed by atoms with E-state index < -0.39 is 0 Å². The summed E-state index contributed by atoms with van der Waals surface area (Å²) in [6.07, 6.45) is 6.64. The van der Waals surface area contributed by atoms with E-state index in [4.69, 9.17) is 4.99 Å². The molecule has 2 heterocycles. The number of carbonyl (C=O) groups excluding carboxylic acids is 1. The fraction of sp³-hybridized carbons (Fsp3) is 0.900. The summed E-state index contributed by atoms with van der Waals surface area (Å²) in [5.41, 5.74) is 0.265. The molecule has 6 nitrogen and oxygen atoms in total. The Bertz CT molecular complexity index is 513. The van der Waals surface area contributed by atoms with Crippen molar-refractivity contribution in [1.29, 1.82) is 0 Å². The van der Waals surface area contributed by atoms with E-state index in [1.807, 2.05) is 4.90 Å². The van der Waals surface area contributed by atoms with Gasteiger partial charge >= 0.3 is 0 Å². The second-order valence-electron chi connectivity index (χ2n) is 8.05. The van der Waals surface area contributed by atoms with Crippen LogP contribution in [0.4, 0.5) is 0 Å². The Balaban J connectivity index is 0.00000280. The maximum Gasteiger partial charge on any atom is 0.219 e. The molecule has 0 aromatic heterocycles. The van der Waals surface area contributed by atoms with E-state index in [9.17, 15) is 4.79 Å². The molecule has 0 spiro atoms. The van der Waals surface area contributed by atoms with Gasteiger partial charge in [-0.25, -0.2) is 0 Å². The molecule has 1 N–H and O–H groups in total. The van der Waals surface area contributed by atoms with Crippen molar-refractivity contribution in [2.75, 3.05) is 63.9 Å². The molecule has 1 saturated carbocycles. The Morgan fingerprint density at radius 3 is 2.18 bits per heavy atom. The third-order valence-electron chi connectivity index (χ3n) is 6.35. The van der Waals surface area contributed by atoms with Crippen molar-refractivity contribution in [2.24, 2.45) is 4.99 Å². The van der Waals surface area contributed by atoms with E-state index in [1.165, 1.54) is 56.7 Å². The van der Waals surface area contributed by atoms with Crippen molar-refractivity contribution >= 4 is 47.6 Å². The molecule has 3 rings (SSSR count). The fourth-order valence-electron chi connectivity index (χ4n) is 4.70. The van der Waals surface area contributed by atoms with Crippen LogP contribution in [0, 0.1) is 0 Å². The van der Waals surface area contributed by atoms with E-state index in [2.05, 4.69) is 33.8 Å². The average Bonchev–Trinajstić information content (AvgIpc) is 2.72. The molecule has 28 heavy (non-hydrogen) atoms. The molecule has 0 bridgehead atoms. The SMILES string of the molecule is CCNC(=NCC1(N2CCSCC2)CCCCC1)N1CCN(C(C)=O)CC1.I. The van der Waals surface area contributed by atoms with Crippen molar-refractivity contribution in [3.05, 3.63) is 0 Å². The smallest absolute Gasteiger partial charge is 0.219 e. The lowest BCUT2D eigenvalue weighted by molar-refractivity contribution is -0.130. The molecule has 1 amide bonds. The van der Waals surface area contributed by atoms with E-state index >= 15 is 0 Å². The topological polar surface area (TPSA) is 51.2 Å². The van der Waals surface area contributed by atoms with Crippen LogP contribution in [0.5, 0.6) is 0 Å². The monoisotopic (exact) mass is 523 g/mol. The van der Waals surface area contributed by atoms with Crippen LogP contribution in [-0.4, -0.2) is 96.0 Å². The van der Waals surface area contributed by atoms with E-state index in [0.29, 0.717) is 0 Å². The standard InChI is InChI=1S/C20H37N5OS.HI/c1-3-21-19(24-11-9-23(10-12-24)18(2)26)22-17-20(7-5-4-6-8-20)25-13-15-27-16-14-25;/h3-17H2,1-2H3,(H,21,22);1H. The number of hydrogen-bond acceptors (Lipinski definition) is 4. The summed E-state index contributed by atoms with van der Waals surface area (Å²) in [4.78, 5) is 23.8. The van der Waals surface area contributed by atoms with Gasteiger partial charge in [0.1, 0.15) is 0 Å². The Labute approximate surface area is 192 Å². The number of halogens is 1. The van der Waals surface area contributed by atoms with Crippen molar-refractivity contribution in [3.8, 4) is 0 Å². The molecular weight excluding hydrogens is 485 g/mol. The number of thioether (sulfide) groups is 1. The van der Waals surface area contributed by atoms with Crippen LogP contribution in [0.2, 0.25) is 0 Å². The van der Waals surface area contributed by atoms with Gasteiger partial charge in [0.25, 0.3) is 0 Å². The summed E-state index contributed by atoms with van der Waals surface area (Å²) < 4.78 is 0. The number of nitrogens with one attached hydrogen (secondary N) is 1. The summed E-state index contributed by atoms with van der Waals surface area (Å²) in [5.74, 6) is 3.75. The molecule has 0 aromatic carbocycles. The molecule has 0 atom stereocenters. The summed E-state index contributed by atoms with van der Waals surface area (Å²) >= 11 is 2.09. The maximum atomic E-state index is 11.6. The van der Waals surface area contributed by atoms with Gasteiger partial charge in [0, 0.05) is 69.8 Å². The van der Waals surface area contributed by atoms with Crippen LogP contribution >= 0.6 is 35.7 Å². The van der Waals surface area contributed by atoms with Gasteiger partial charge < -0.3 is 15.1 Å². The highest BCUT2D eigenvalue weighted by Gasteiger charge is 2.38. The second-order valence-corrected chi connectivity index (χ2v) is 9.27. The highest BCUT2D eigenvalue weighted by atomic mass is 127. The Morgan fingerprint density at radius 1 is 1.00 bits per heavy atom. The highest BCUT2D eigenvalue weighted by molar-refractivity contribution is 14.0. The minimum atomic E-state index is 0. The molecule has 3 fully saturated rings. The molecule has 0 unspecified atom stereocenters. The van der Waals surface area contributed by atoms with Crippen molar-refractivity contribution in [1.82, 2.24) is 20.0 Å². The average molecular weight is 524 g/mol. The third kappa shape index (κ3) is 6.14. The van der Waals surface area contributed by atoms with E-state index in [1.54, 1.807) is 6.92 Å². The molecule has 2 aliphatic heterocycles. The number of piperazine rings is 1. The van der Waals surface area contributed by atoms with Gasteiger partial charge in [0.05, 0.1) is 6.54 Å². The van der Waals surface area contributed by atoms with Crippen molar-refractivity contribution in [3.63, 3.8) is 0 Å². The van der Waals surface area contributed by atoms with Crippen LogP contribution in [0.3, 0.4) is 0 Å². The number of guanidine groups is 1. The van der Waals surface area contributed by atoms with E-state index in [0.717, 1.165) is 45.2 Å². The van der Waals surface area contributed by atoms with Gasteiger partial charge in [-0.2, -0.15) is 11.8 Å². The van der Waals surface area contributed by atoms with Crippen LogP contribution in [-0.2, 0) is 4.79 Å². The number of amides is 1. The lowest BCUT2D eigenvalue weighted by atomic mass is 9.80. The minimum absolute atomic E-state index is 0. The van der Waals surface area contributed by atoms with Crippen LogP contribution in [0.25, 0.3) is 0 Å². The van der Waals surface area contributed by atoms with Gasteiger partial charge in [-0.15, -0.1) is 24.0 Å². The normalized spacial score (nSPS) is 23.9. The first-order valence-corrected chi connectivity index (χ1v) is 11.9. The molecule has 3 aliphatic rings. The quantitative estimate of drug-likeness (QED) is 0.349. The number of aliphatic imine (C=N–C) groups is 1. The second kappa shape index (κ2) is 11.8. The molecule has 162 valence electrons. The molecule has 8 heteroatoms. The van der Waals surface area contributed by atoms with Crippen LogP contribution < -0.4 is 5.32 Å². The Kier molecular flexibility index (Phi) is 10.2. The summed E-state index contributed by atoms with van der Waals surface area (Å²) in [7, 11) is 0. The van der Waals surface area contributed by atoms with Gasteiger partial charge in [0.15, 0.2) is 5.96 Å². The lowest BCUT2D eigenvalue weighted by Crippen LogP contribution is -2.56. The van der Waals surface area contributed by atoms with Crippen LogP contribution in [0.15, 0.2) is 4.99 Å². The largest absolute Gasteiger partial charge is 0.357 e. The number of hydrogen-bond donors (Lipinski definition) is 1. The Hall–Kier alpha value is -0.220. The third-order valence-corrected chi connectivity index (χ3v) is 7.29. The van der Waals surface area contributed by atoms with Gasteiger partial charge in [-0.3, -0.25) is 14.7 Å². The fourth-order valence-corrected chi connectivity index (χ4v) is 5.61. The zero-order valence-corrected chi connectivity index (χ0v) is 20.8. The highest BCUT2D eigenvalue weighted by Crippen LogP contribution is 2.35. The summed E-state index contributed by atoms with van der Waals surface area (Å²) in [6.45, 7) is 11.4. The zero-order valence-electron chi connectivity index (χ0n) is 17.6. The molecule has 0 radical (unpaired) electrons. The number of carbonyl (C=O) groups is 1. The Morgan fingerprint density at radius 2 is 1.61 bits per heavy atom. The van der Waals surface area contributed by atoms with Gasteiger partial charge in [-0.05, 0) is 19.8 Å². The first-order valence-electron chi connectivity index (χ1n) is 10.8. The molecule has 0 aromatic rings. The lowest BCUT2D eigenvalue weighted by Gasteiger charge is -2.47. The predicted octanol–water partition coefficient (Wildman–Crippen LogP) is 2.49. The molecule has 2 saturated heterocycles.